The van der Waals surface area contributed by atoms with Gasteiger partial charge < -0.3 is 0 Å². The van der Waals surface area contributed by atoms with E-state index >= 15 is 0 Å². The number of rotatable bonds is 1. The Morgan fingerprint density at radius 2 is 2.13 bits per heavy atom. The van der Waals surface area contributed by atoms with Crippen LogP contribution in [0.15, 0.2) is 23.8 Å². The van der Waals surface area contributed by atoms with Crippen molar-refractivity contribution in [3.63, 3.8) is 0 Å². The fourth-order valence-electron chi connectivity index (χ4n) is 3.73. The van der Waals surface area contributed by atoms with E-state index in [2.05, 4.69) is 33.4 Å². The van der Waals surface area contributed by atoms with E-state index in [1.54, 1.807) is 11.1 Å². The Bertz CT molecular complexity index is 295. The molecule has 0 unspecified atom stereocenters. The molecule has 0 heteroatoms. The van der Waals surface area contributed by atoms with Gasteiger partial charge in [0.1, 0.15) is 0 Å². The molecule has 15 heavy (non-hydrogen) atoms. The van der Waals surface area contributed by atoms with Crippen molar-refractivity contribution in [2.75, 3.05) is 0 Å². The van der Waals surface area contributed by atoms with Crippen molar-refractivity contribution >= 4 is 0 Å². The summed E-state index contributed by atoms with van der Waals surface area (Å²) >= 11 is 0. The van der Waals surface area contributed by atoms with Crippen LogP contribution in [-0.4, -0.2) is 0 Å². The van der Waals surface area contributed by atoms with Gasteiger partial charge >= 0.3 is 0 Å². The van der Waals surface area contributed by atoms with Crippen LogP contribution in [0.25, 0.3) is 0 Å². The van der Waals surface area contributed by atoms with Crippen molar-refractivity contribution in [2.24, 2.45) is 17.3 Å². The summed E-state index contributed by atoms with van der Waals surface area (Å²) < 4.78 is 0. The van der Waals surface area contributed by atoms with Crippen LogP contribution < -0.4 is 0 Å². The van der Waals surface area contributed by atoms with Gasteiger partial charge in [-0.15, -0.1) is 0 Å². The van der Waals surface area contributed by atoms with Crippen LogP contribution in [0.3, 0.4) is 0 Å². The highest BCUT2D eigenvalue weighted by atomic mass is 14.5. The van der Waals surface area contributed by atoms with E-state index in [1.807, 2.05) is 0 Å². The van der Waals surface area contributed by atoms with Crippen LogP contribution in [0.4, 0.5) is 0 Å². The standard InChI is InChI=1S/C15H24/c1-11(2)14-6-5-13(4)15(14)9-7-12(3)8-10-15/h7,11,14H,4-6,8-10H2,1-3H3/t14-,15+/m0/s1. The zero-order valence-electron chi connectivity index (χ0n) is 10.5. The lowest BCUT2D eigenvalue weighted by Gasteiger charge is -2.41. The van der Waals surface area contributed by atoms with Gasteiger partial charge in [0.15, 0.2) is 0 Å². The summed E-state index contributed by atoms with van der Waals surface area (Å²) in [6.45, 7) is 11.4. The van der Waals surface area contributed by atoms with Gasteiger partial charge in [0.2, 0.25) is 0 Å². The second-order valence-corrected chi connectivity index (χ2v) is 5.90. The molecule has 0 radical (unpaired) electrons. The highest BCUT2D eigenvalue weighted by molar-refractivity contribution is 5.24. The van der Waals surface area contributed by atoms with Gasteiger partial charge in [0, 0.05) is 0 Å². The second-order valence-electron chi connectivity index (χ2n) is 5.90. The van der Waals surface area contributed by atoms with Crippen LogP contribution in [0, 0.1) is 17.3 Å². The molecule has 0 saturated heterocycles. The van der Waals surface area contributed by atoms with Crippen LogP contribution in [0.1, 0.15) is 52.9 Å². The maximum atomic E-state index is 4.36. The minimum absolute atomic E-state index is 0.480. The molecule has 2 rings (SSSR count). The summed E-state index contributed by atoms with van der Waals surface area (Å²) in [6, 6.07) is 0. The van der Waals surface area contributed by atoms with Crippen LogP contribution >= 0.6 is 0 Å². The second kappa shape index (κ2) is 3.81. The van der Waals surface area contributed by atoms with Crippen molar-refractivity contribution in [1.29, 1.82) is 0 Å². The molecule has 2 aliphatic rings. The first kappa shape index (κ1) is 11.0. The Morgan fingerprint density at radius 1 is 1.40 bits per heavy atom. The topological polar surface area (TPSA) is 0 Å². The first-order valence-electron chi connectivity index (χ1n) is 6.40. The fourth-order valence-corrected chi connectivity index (χ4v) is 3.73. The molecule has 2 atom stereocenters. The molecule has 0 aromatic heterocycles. The highest BCUT2D eigenvalue weighted by Crippen LogP contribution is 2.57. The zero-order chi connectivity index (χ0) is 11.1. The summed E-state index contributed by atoms with van der Waals surface area (Å²) in [6.07, 6.45) is 9.04. The number of allylic oxidation sites excluding steroid dienone is 3. The van der Waals surface area contributed by atoms with Gasteiger partial charge in [-0.3, -0.25) is 0 Å². The molecule has 0 nitrogen and oxygen atoms in total. The Morgan fingerprint density at radius 3 is 2.67 bits per heavy atom. The molecule has 0 aliphatic heterocycles. The summed E-state index contributed by atoms with van der Waals surface area (Å²) in [5.74, 6) is 1.70. The van der Waals surface area contributed by atoms with Gasteiger partial charge in [-0.25, -0.2) is 0 Å². The SMILES string of the molecule is C=C1CC[C@@H](C(C)C)[C@@]12CC=C(C)CC2. The monoisotopic (exact) mass is 204 g/mol. The number of hydrogen-bond acceptors (Lipinski definition) is 0. The quantitative estimate of drug-likeness (QED) is 0.542. The molecule has 1 fully saturated rings. The molecular weight excluding hydrogens is 180 g/mol. The lowest BCUT2D eigenvalue weighted by atomic mass is 9.64. The highest BCUT2D eigenvalue weighted by Gasteiger charge is 2.46. The molecule has 0 aromatic rings. The smallest absolute Gasteiger partial charge is 0.00224 e. The molecule has 0 bridgehead atoms. The van der Waals surface area contributed by atoms with E-state index in [9.17, 15) is 0 Å². The van der Waals surface area contributed by atoms with Crippen LogP contribution in [-0.2, 0) is 0 Å². The van der Waals surface area contributed by atoms with Gasteiger partial charge in [-0.05, 0) is 56.3 Å². The molecule has 0 N–H and O–H groups in total. The Balaban J connectivity index is 2.27. The molecule has 84 valence electrons. The van der Waals surface area contributed by atoms with E-state index in [1.165, 1.54) is 32.1 Å². The van der Waals surface area contributed by atoms with E-state index in [-0.39, 0.29) is 0 Å². The lowest BCUT2D eigenvalue weighted by molar-refractivity contribution is 0.169. The van der Waals surface area contributed by atoms with Gasteiger partial charge in [0.25, 0.3) is 0 Å². The summed E-state index contributed by atoms with van der Waals surface area (Å²) in [4.78, 5) is 0. The largest absolute Gasteiger partial charge is 0.0993 e. The Kier molecular flexibility index (Phi) is 2.79. The summed E-state index contributed by atoms with van der Waals surface area (Å²) in [7, 11) is 0. The minimum atomic E-state index is 0.480. The number of hydrogen-bond donors (Lipinski definition) is 0. The minimum Gasteiger partial charge on any atom is -0.0993 e. The third-order valence-electron chi connectivity index (χ3n) is 4.76. The maximum Gasteiger partial charge on any atom is -0.00224 e. The fraction of sp³-hybridized carbons (Fsp3) is 0.733. The molecule has 1 saturated carbocycles. The van der Waals surface area contributed by atoms with E-state index in [0.717, 1.165) is 11.8 Å². The molecule has 2 aliphatic carbocycles. The van der Waals surface area contributed by atoms with E-state index in [0.29, 0.717) is 5.41 Å². The average molecular weight is 204 g/mol. The van der Waals surface area contributed by atoms with Crippen molar-refractivity contribution in [3.8, 4) is 0 Å². The lowest BCUT2D eigenvalue weighted by Crippen LogP contribution is -2.31. The zero-order valence-corrected chi connectivity index (χ0v) is 10.5. The van der Waals surface area contributed by atoms with Gasteiger partial charge in [-0.1, -0.05) is 37.6 Å². The first-order valence-corrected chi connectivity index (χ1v) is 6.40. The summed E-state index contributed by atoms with van der Waals surface area (Å²) in [5.41, 5.74) is 3.61. The normalized spacial score (nSPS) is 36.4. The van der Waals surface area contributed by atoms with Gasteiger partial charge in [0.05, 0.1) is 0 Å². The third kappa shape index (κ3) is 1.68. The van der Waals surface area contributed by atoms with E-state index in [4.69, 9.17) is 0 Å². The Hall–Kier alpha value is -0.520. The van der Waals surface area contributed by atoms with Crippen molar-refractivity contribution < 1.29 is 0 Å². The molecule has 0 heterocycles. The van der Waals surface area contributed by atoms with Crippen LogP contribution in [0.2, 0.25) is 0 Å². The van der Waals surface area contributed by atoms with Crippen molar-refractivity contribution in [1.82, 2.24) is 0 Å². The molecule has 0 amide bonds. The molecular formula is C15H24. The Labute approximate surface area is 94.5 Å². The van der Waals surface area contributed by atoms with Crippen molar-refractivity contribution in [3.05, 3.63) is 23.8 Å². The molecule has 0 aromatic carbocycles. The van der Waals surface area contributed by atoms with Gasteiger partial charge in [-0.2, -0.15) is 0 Å². The van der Waals surface area contributed by atoms with Crippen LogP contribution in [0.5, 0.6) is 0 Å². The average Bonchev–Trinajstić information content (AvgIpc) is 2.50. The predicted octanol–water partition coefficient (Wildman–Crippen LogP) is 4.73. The van der Waals surface area contributed by atoms with Crippen molar-refractivity contribution in [2.45, 2.75) is 52.9 Å². The summed E-state index contributed by atoms with van der Waals surface area (Å²) in [5, 5.41) is 0. The van der Waals surface area contributed by atoms with E-state index < -0.39 is 0 Å². The maximum absolute atomic E-state index is 4.36. The first-order chi connectivity index (χ1) is 7.06. The predicted molar refractivity (Wildman–Crippen MR) is 66.7 cm³/mol. The molecule has 1 spiro atoms. The third-order valence-corrected chi connectivity index (χ3v) is 4.76.